The van der Waals surface area contributed by atoms with Gasteiger partial charge in [0.2, 0.25) is 10.0 Å². The van der Waals surface area contributed by atoms with E-state index in [4.69, 9.17) is 23.2 Å². The molecule has 138 valence electrons. The summed E-state index contributed by atoms with van der Waals surface area (Å²) < 4.78 is 27.3. The van der Waals surface area contributed by atoms with Crippen molar-refractivity contribution in [2.45, 2.75) is 30.3 Å². The Morgan fingerprint density at radius 3 is 2.58 bits per heavy atom. The van der Waals surface area contributed by atoms with Crippen molar-refractivity contribution in [1.82, 2.24) is 9.62 Å². The van der Waals surface area contributed by atoms with E-state index in [9.17, 15) is 13.2 Å². The van der Waals surface area contributed by atoms with Crippen molar-refractivity contribution in [2.24, 2.45) is 0 Å². The number of halogens is 2. The average Bonchev–Trinajstić information content (AvgIpc) is 3.40. The van der Waals surface area contributed by atoms with Crippen LogP contribution in [0, 0.1) is 0 Å². The van der Waals surface area contributed by atoms with E-state index in [-0.39, 0.29) is 23.4 Å². The first-order chi connectivity index (χ1) is 12.3. The van der Waals surface area contributed by atoms with Crippen LogP contribution in [-0.4, -0.2) is 32.3 Å². The second kappa shape index (κ2) is 7.56. The zero-order valence-corrected chi connectivity index (χ0v) is 16.4. The fourth-order valence-corrected chi connectivity index (χ4v) is 4.30. The van der Waals surface area contributed by atoms with Gasteiger partial charge in [0.1, 0.15) is 0 Å². The molecule has 3 rings (SSSR count). The molecule has 1 amide bonds. The molecular formula is C18H18Cl2N2O3S. The maximum Gasteiger partial charge on any atom is 0.253 e. The molecule has 0 unspecified atom stereocenters. The Morgan fingerprint density at radius 1 is 1.19 bits per heavy atom. The lowest BCUT2D eigenvalue weighted by Gasteiger charge is -2.18. The van der Waals surface area contributed by atoms with Gasteiger partial charge in [-0.1, -0.05) is 35.3 Å². The van der Waals surface area contributed by atoms with E-state index >= 15 is 0 Å². The molecule has 1 aliphatic carbocycles. The molecule has 1 N–H and O–H groups in total. The van der Waals surface area contributed by atoms with Gasteiger partial charge >= 0.3 is 0 Å². The molecule has 0 atom stereocenters. The Hall–Kier alpha value is -1.60. The highest BCUT2D eigenvalue weighted by atomic mass is 35.5. The third kappa shape index (κ3) is 4.57. The molecule has 0 bridgehead atoms. The van der Waals surface area contributed by atoms with Gasteiger partial charge in [0.05, 0.1) is 4.90 Å². The zero-order chi connectivity index (χ0) is 18.9. The maximum atomic E-state index is 12.7. The minimum absolute atomic E-state index is 0.00841. The van der Waals surface area contributed by atoms with Crippen LogP contribution in [0.15, 0.2) is 47.4 Å². The van der Waals surface area contributed by atoms with E-state index in [1.807, 2.05) is 0 Å². The van der Waals surface area contributed by atoms with Gasteiger partial charge in [-0.15, -0.1) is 0 Å². The number of nitrogens with one attached hydrogen (secondary N) is 1. The van der Waals surface area contributed by atoms with Crippen LogP contribution in [-0.2, 0) is 16.6 Å². The van der Waals surface area contributed by atoms with Crippen molar-refractivity contribution in [3.05, 3.63) is 63.6 Å². The Bertz CT molecular complexity index is 943. The largest absolute Gasteiger partial charge is 0.337 e. The Labute approximate surface area is 163 Å². The van der Waals surface area contributed by atoms with Crippen molar-refractivity contribution in [3.63, 3.8) is 0 Å². The molecule has 1 fully saturated rings. The minimum atomic E-state index is -3.61. The van der Waals surface area contributed by atoms with Gasteiger partial charge in [-0.05, 0) is 48.7 Å². The van der Waals surface area contributed by atoms with Gasteiger partial charge < -0.3 is 4.90 Å². The first-order valence-electron chi connectivity index (χ1n) is 8.08. The minimum Gasteiger partial charge on any atom is -0.337 e. The topological polar surface area (TPSA) is 66.5 Å². The van der Waals surface area contributed by atoms with Crippen LogP contribution < -0.4 is 4.72 Å². The molecule has 2 aromatic rings. The summed E-state index contributed by atoms with van der Waals surface area (Å²) in [7, 11) is -1.97. The smallest absolute Gasteiger partial charge is 0.253 e. The summed E-state index contributed by atoms with van der Waals surface area (Å²) in [5, 5.41) is 0.996. The van der Waals surface area contributed by atoms with Gasteiger partial charge in [-0.25, -0.2) is 13.1 Å². The van der Waals surface area contributed by atoms with Crippen LogP contribution in [0.1, 0.15) is 28.8 Å². The predicted octanol–water partition coefficient (Wildman–Crippen LogP) is 3.71. The first-order valence-corrected chi connectivity index (χ1v) is 10.3. The van der Waals surface area contributed by atoms with Crippen molar-refractivity contribution >= 4 is 39.1 Å². The molecule has 0 aliphatic heterocycles. The number of rotatable bonds is 6. The number of hydrogen-bond donors (Lipinski definition) is 1. The Balaban J connectivity index is 1.77. The van der Waals surface area contributed by atoms with Crippen molar-refractivity contribution in [2.75, 3.05) is 7.05 Å². The molecule has 26 heavy (non-hydrogen) atoms. The van der Waals surface area contributed by atoms with E-state index in [1.54, 1.807) is 37.4 Å². The Kier molecular flexibility index (Phi) is 5.58. The van der Waals surface area contributed by atoms with Gasteiger partial charge in [0, 0.05) is 35.2 Å². The normalized spacial score (nSPS) is 14.3. The van der Waals surface area contributed by atoms with Gasteiger partial charge in [0.25, 0.3) is 5.91 Å². The summed E-state index contributed by atoms with van der Waals surface area (Å²) in [5.41, 5.74) is 1.06. The Morgan fingerprint density at radius 2 is 1.92 bits per heavy atom. The molecule has 8 heteroatoms. The van der Waals surface area contributed by atoms with E-state index in [0.717, 1.165) is 18.4 Å². The lowest BCUT2D eigenvalue weighted by atomic mass is 10.1. The average molecular weight is 413 g/mol. The molecule has 0 spiro atoms. The highest BCUT2D eigenvalue weighted by Crippen LogP contribution is 2.24. The summed E-state index contributed by atoms with van der Waals surface area (Å²) in [6.07, 6.45) is 1.70. The molecule has 0 radical (unpaired) electrons. The van der Waals surface area contributed by atoms with E-state index in [0.29, 0.717) is 15.6 Å². The third-order valence-electron chi connectivity index (χ3n) is 4.06. The quantitative estimate of drug-likeness (QED) is 0.785. The summed E-state index contributed by atoms with van der Waals surface area (Å²) in [6, 6.07) is 11.1. The molecule has 5 nitrogen and oxygen atoms in total. The fourth-order valence-electron chi connectivity index (χ4n) is 2.48. The number of benzene rings is 2. The zero-order valence-electron chi connectivity index (χ0n) is 14.1. The molecule has 1 saturated carbocycles. The second-order valence-electron chi connectivity index (χ2n) is 6.32. The van der Waals surface area contributed by atoms with Crippen LogP contribution >= 0.6 is 23.2 Å². The second-order valence-corrected chi connectivity index (χ2v) is 8.88. The first kappa shape index (κ1) is 19.2. The molecule has 0 aromatic heterocycles. The number of carbonyl (C=O) groups is 1. The predicted molar refractivity (Wildman–Crippen MR) is 102 cm³/mol. The van der Waals surface area contributed by atoms with Crippen LogP contribution in [0.3, 0.4) is 0 Å². The highest BCUT2D eigenvalue weighted by molar-refractivity contribution is 7.89. The standard InChI is InChI=1S/C18H18Cl2N2O3S/c1-22(11-13-5-6-14(19)10-17(13)20)18(23)12-3-2-4-16(9-12)26(24,25)21-15-7-8-15/h2-6,9-10,15,21H,7-8,11H2,1H3. The molecule has 0 saturated heterocycles. The van der Waals surface area contributed by atoms with Crippen LogP contribution in [0.4, 0.5) is 0 Å². The summed E-state index contributed by atoms with van der Waals surface area (Å²) >= 11 is 12.0. The fraction of sp³-hybridized carbons (Fsp3) is 0.278. The maximum absolute atomic E-state index is 12.7. The van der Waals surface area contributed by atoms with E-state index in [2.05, 4.69) is 4.72 Å². The summed E-state index contributed by atoms with van der Waals surface area (Å²) in [6.45, 7) is 0.284. The molecule has 0 heterocycles. The summed E-state index contributed by atoms with van der Waals surface area (Å²) in [5.74, 6) is -0.292. The monoisotopic (exact) mass is 412 g/mol. The lowest BCUT2D eigenvalue weighted by Crippen LogP contribution is -2.28. The van der Waals surface area contributed by atoms with E-state index < -0.39 is 10.0 Å². The van der Waals surface area contributed by atoms with Gasteiger partial charge in [0.15, 0.2) is 0 Å². The number of nitrogens with zero attached hydrogens (tertiary/aromatic N) is 1. The SMILES string of the molecule is CN(Cc1ccc(Cl)cc1Cl)C(=O)c1cccc(S(=O)(=O)NC2CC2)c1. The van der Waals surface area contributed by atoms with Crippen molar-refractivity contribution in [1.29, 1.82) is 0 Å². The highest BCUT2D eigenvalue weighted by Gasteiger charge is 2.28. The van der Waals surface area contributed by atoms with Gasteiger partial charge in [-0.3, -0.25) is 4.79 Å². The number of carbonyl (C=O) groups excluding carboxylic acids is 1. The van der Waals surface area contributed by atoms with Crippen LogP contribution in [0.25, 0.3) is 0 Å². The number of sulfonamides is 1. The third-order valence-corrected chi connectivity index (χ3v) is 6.16. The number of hydrogen-bond acceptors (Lipinski definition) is 3. The number of amides is 1. The molecular weight excluding hydrogens is 395 g/mol. The van der Waals surface area contributed by atoms with Crippen molar-refractivity contribution < 1.29 is 13.2 Å². The van der Waals surface area contributed by atoms with E-state index in [1.165, 1.54) is 17.0 Å². The van der Waals surface area contributed by atoms with Crippen molar-refractivity contribution in [3.8, 4) is 0 Å². The summed E-state index contributed by atoms with van der Waals surface area (Å²) in [4.78, 5) is 14.3. The van der Waals surface area contributed by atoms with Crippen LogP contribution in [0.2, 0.25) is 10.0 Å². The molecule has 1 aliphatic rings. The molecule has 2 aromatic carbocycles. The lowest BCUT2D eigenvalue weighted by molar-refractivity contribution is 0.0785. The van der Waals surface area contributed by atoms with Gasteiger partial charge in [-0.2, -0.15) is 0 Å². The van der Waals surface area contributed by atoms with Crippen LogP contribution in [0.5, 0.6) is 0 Å².